The van der Waals surface area contributed by atoms with E-state index >= 15 is 0 Å². The molecule has 0 radical (unpaired) electrons. The summed E-state index contributed by atoms with van der Waals surface area (Å²) in [6.45, 7) is 3.77. The molecule has 1 aliphatic heterocycles. The molecule has 3 rings (SSSR count). The van der Waals surface area contributed by atoms with Gasteiger partial charge in [-0.05, 0) is 31.6 Å². The minimum Gasteiger partial charge on any atom is -0.338 e. The van der Waals surface area contributed by atoms with Gasteiger partial charge >= 0.3 is 0 Å². The number of rotatable bonds is 4. The highest BCUT2D eigenvalue weighted by Gasteiger charge is 2.31. The highest BCUT2D eigenvalue weighted by atomic mass is 16.2. The van der Waals surface area contributed by atoms with E-state index in [0.717, 1.165) is 43.0 Å². The van der Waals surface area contributed by atoms with E-state index in [1.54, 1.807) is 6.33 Å². The zero-order valence-electron chi connectivity index (χ0n) is 13.6. The van der Waals surface area contributed by atoms with E-state index in [1.807, 2.05) is 11.1 Å². The largest absolute Gasteiger partial charge is 0.338 e. The van der Waals surface area contributed by atoms with Crippen LogP contribution in [0.4, 0.5) is 0 Å². The number of unbranched alkanes of at least 4 members (excludes halogenated alkanes) is 1. The lowest BCUT2D eigenvalue weighted by molar-refractivity contribution is -0.137. The molecule has 1 fully saturated rings. The summed E-state index contributed by atoms with van der Waals surface area (Å²) in [5.74, 6) is 1.48. The third-order valence-electron chi connectivity index (χ3n) is 5.33. The molecule has 1 saturated carbocycles. The quantitative estimate of drug-likeness (QED) is 0.856. The van der Waals surface area contributed by atoms with Gasteiger partial charge in [0.1, 0.15) is 6.33 Å². The zero-order valence-corrected chi connectivity index (χ0v) is 13.6. The molecule has 4 heteroatoms. The molecule has 0 N–H and O–H groups in total. The Morgan fingerprint density at radius 3 is 2.91 bits per heavy atom. The Bertz CT molecular complexity index is 509. The Kier molecular flexibility index (Phi) is 5.06. The number of carbonyl (C=O) groups is 1. The van der Waals surface area contributed by atoms with E-state index in [9.17, 15) is 4.79 Å². The van der Waals surface area contributed by atoms with Crippen molar-refractivity contribution in [1.29, 1.82) is 0 Å². The van der Waals surface area contributed by atoms with Crippen LogP contribution in [0.5, 0.6) is 0 Å². The van der Waals surface area contributed by atoms with Gasteiger partial charge in [-0.25, -0.2) is 9.97 Å². The van der Waals surface area contributed by atoms with Gasteiger partial charge in [0.25, 0.3) is 0 Å². The predicted octanol–water partition coefficient (Wildman–Crippen LogP) is 3.36. The number of amides is 1. The molecule has 1 amide bonds. The molecule has 0 atom stereocenters. The van der Waals surface area contributed by atoms with E-state index in [2.05, 4.69) is 16.9 Å². The summed E-state index contributed by atoms with van der Waals surface area (Å²) in [6.07, 6.45) is 13.0. The van der Waals surface area contributed by atoms with Crippen molar-refractivity contribution in [3.05, 3.63) is 23.8 Å². The van der Waals surface area contributed by atoms with Crippen molar-refractivity contribution in [2.45, 2.75) is 64.8 Å². The van der Waals surface area contributed by atoms with Crippen LogP contribution < -0.4 is 0 Å². The van der Waals surface area contributed by atoms with Crippen molar-refractivity contribution in [3.8, 4) is 0 Å². The number of aromatic nitrogens is 2. The van der Waals surface area contributed by atoms with Crippen LogP contribution >= 0.6 is 0 Å². The normalized spacial score (nSPS) is 24.9. The Labute approximate surface area is 133 Å². The monoisotopic (exact) mass is 301 g/mol. The van der Waals surface area contributed by atoms with Gasteiger partial charge in [-0.2, -0.15) is 0 Å². The zero-order chi connectivity index (χ0) is 15.4. The molecule has 1 aromatic heterocycles. The summed E-state index contributed by atoms with van der Waals surface area (Å²) in [4.78, 5) is 23.2. The minimum absolute atomic E-state index is 0.254. The van der Waals surface area contributed by atoms with Crippen LogP contribution in [0.2, 0.25) is 0 Å². The average Bonchev–Trinajstić information content (AvgIpc) is 2.59. The lowest BCUT2D eigenvalue weighted by Crippen LogP contribution is -2.41. The van der Waals surface area contributed by atoms with Gasteiger partial charge in [0.05, 0.1) is 5.69 Å². The van der Waals surface area contributed by atoms with E-state index in [1.165, 1.54) is 32.1 Å². The van der Waals surface area contributed by atoms with Crippen molar-refractivity contribution >= 4 is 5.91 Å². The van der Waals surface area contributed by atoms with Crippen LogP contribution in [-0.4, -0.2) is 27.3 Å². The number of fused-ring (bicyclic) bond motifs is 1. The van der Waals surface area contributed by atoms with Crippen molar-refractivity contribution in [2.24, 2.45) is 11.8 Å². The maximum atomic E-state index is 12.8. The van der Waals surface area contributed by atoms with E-state index in [0.29, 0.717) is 12.5 Å². The summed E-state index contributed by atoms with van der Waals surface area (Å²) in [5.41, 5.74) is 2.24. The van der Waals surface area contributed by atoms with Crippen LogP contribution in [-0.2, 0) is 17.8 Å². The van der Waals surface area contributed by atoms with Gasteiger partial charge in [-0.1, -0.05) is 26.2 Å². The molecule has 2 aliphatic rings. The molecule has 0 saturated heterocycles. The molecular formula is C18H27N3O. The second-order valence-electron chi connectivity index (χ2n) is 6.86. The highest BCUT2D eigenvalue weighted by Crippen LogP contribution is 2.33. The second-order valence-corrected chi connectivity index (χ2v) is 6.86. The molecule has 2 heterocycles. The van der Waals surface area contributed by atoms with Gasteiger partial charge in [-0.15, -0.1) is 0 Å². The first-order valence-corrected chi connectivity index (χ1v) is 8.84. The summed E-state index contributed by atoms with van der Waals surface area (Å²) in [7, 11) is 0. The number of hydrogen-bond donors (Lipinski definition) is 0. The Balaban J connectivity index is 1.53. The van der Waals surface area contributed by atoms with Crippen LogP contribution in [0.1, 0.15) is 63.1 Å². The predicted molar refractivity (Wildman–Crippen MR) is 86.1 cm³/mol. The van der Waals surface area contributed by atoms with E-state index < -0.39 is 0 Å². The molecular weight excluding hydrogens is 274 g/mol. The molecule has 22 heavy (non-hydrogen) atoms. The lowest BCUT2D eigenvalue weighted by atomic mass is 9.79. The molecule has 120 valence electrons. The molecule has 0 bridgehead atoms. The summed E-state index contributed by atoms with van der Waals surface area (Å²) >= 11 is 0. The van der Waals surface area contributed by atoms with Gasteiger partial charge in [0.2, 0.25) is 5.91 Å². The molecule has 0 unspecified atom stereocenters. The van der Waals surface area contributed by atoms with Crippen LogP contribution in [0.15, 0.2) is 12.5 Å². The smallest absolute Gasteiger partial charge is 0.225 e. The molecule has 1 aliphatic carbocycles. The highest BCUT2D eigenvalue weighted by molar-refractivity contribution is 5.79. The summed E-state index contributed by atoms with van der Waals surface area (Å²) < 4.78 is 0. The Hall–Kier alpha value is -1.45. The van der Waals surface area contributed by atoms with Gasteiger partial charge in [-0.3, -0.25) is 4.79 Å². The van der Waals surface area contributed by atoms with E-state index in [-0.39, 0.29) is 5.92 Å². The van der Waals surface area contributed by atoms with Gasteiger partial charge in [0.15, 0.2) is 0 Å². The SMILES string of the molecule is CCCCC1CCC(C(=O)N2CCc3ncncc3C2)CC1. The van der Waals surface area contributed by atoms with Crippen LogP contribution in [0, 0.1) is 11.8 Å². The fraction of sp³-hybridized carbons (Fsp3) is 0.722. The van der Waals surface area contributed by atoms with Crippen LogP contribution in [0.3, 0.4) is 0 Å². The van der Waals surface area contributed by atoms with Crippen LogP contribution in [0.25, 0.3) is 0 Å². The fourth-order valence-corrected chi connectivity index (χ4v) is 3.90. The third kappa shape index (κ3) is 3.47. The first-order valence-electron chi connectivity index (χ1n) is 8.84. The van der Waals surface area contributed by atoms with E-state index in [4.69, 9.17) is 0 Å². The maximum Gasteiger partial charge on any atom is 0.225 e. The minimum atomic E-state index is 0.254. The molecule has 1 aromatic rings. The maximum absolute atomic E-state index is 12.8. The van der Waals surface area contributed by atoms with Gasteiger partial charge < -0.3 is 4.90 Å². The first-order chi connectivity index (χ1) is 10.8. The first kappa shape index (κ1) is 15.4. The molecule has 0 aromatic carbocycles. The number of nitrogens with zero attached hydrogens (tertiary/aromatic N) is 3. The van der Waals surface area contributed by atoms with Crippen molar-refractivity contribution in [3.63, 3.8) is 0 Å². The second kappa shape index (κ2) is 7.21. The summed E-state index contributed by atoms with van der Waals surface area (Å²) in [5, 5.41) is 0. The molecule has 0 spiro atoms. The van der Waals surface area contributed by atoms with Crippen molar-refractivity contribution < 1.29 is 4.79 Å². The number of carbonyl (C=O) groups excluding carboxylic acids is 1. The summed E-state index contributed by atoms with van der Waals surface area (Å²) in [6, 6.07) is 0. The molecule has 4 nitrogen and oxygen atoms in total. The fourth-order valence-electron chi connectivity index (χ4n) is 3.90. The number of hydrogen-bond acceptors (Lipinski definition) is 3. The third-order valence-corrected chi connectivity index (χ3v) is 5.33. The Morgan fingerprint density at radius 1 is 1.32 bits per heavy atom. The average molecular weight is 301 g/mol. The topological polar surface area (TPSA) is 46.1 Å². The van der Waals surface area contributed by atoms with Gasteiger partial charge in [0, 0.05) is 37.2 Å². The van der Waals surface area contributed by atoms with Crippen molar-refractivity contribution in [2.75, 3.05) is 6.54 Å². The van der Waals surface area contributed by atoms with Crippen molar-refractivity contribution in [1.82, 2.24) is 14.9 Å². The Morgan fingerprint density at radius 2 is 2.14 bits per heavy atom. The standard InChI is InChI=1S/C18H27N3O/c1-2-3-4-14-5-7-15(8-6-14)18(22)21-10-9-17-16(12-21)11-19-13-20-17/h11,13-15H,2-10,12H2,1H3. The lowest BCUT2D eigenvalue weighted by Gasteiger charge is -2.34.